The molecule has 118 valence electrons. The first-order valence-corrected chi connectivity index (χ1v) is 8.15. The van der Waals surface area contributed by atoms with Crippen LogP contribution >= 0.6 is 15.9 Å². The number of aliphatic carboxylic acids is 1. The van der Waals surface area contributed by atoms with Crippen molar-refractivity contribution >= 4 is 27.8 Å². The molecule has 1 aliphatic heterocycles. The number of benzene rings is 1. The number of nitrogens with zero attached hydrogens (tertiary/aromatic N) is 1. The summed E-state index contributed by atoms with van der Waals surface area (Å²) < 4.78 is 6.36. The highest BCUT2D eigenvalue weighted by molar-refractivity contribution is 9.10. The second-order valence-corrected chi connectivity index (χ2v) is 6.99. The zero-order valence-electron chi connectivity index (χ0n) is 12.3. The van der Waals surface area contributed by atoms with E-state index in [1.165, 1.54) is 0 Å². The van der Waals surface area contributed by atoms with Crippen LogP contribution in [-0.2, 0) is 19.7 Å². The Morgan fingerprint density at radius 2 is 1.91 bits per heavy atom. The lowest BCUT2D eigenvalue weighted by Gasteiger charge is -2.37. The van der Waals surface area contributed by atoms with Crippen LogP contribution in [0.1, 0.15) is 25.3 Å². The summed E-state index contributed by atoms with van der Waals surface area (Å²) in [6.07, 6.45) is 0.432. The first-order chi connectivity index (χ1) is 10.4. The average molecular weight is 368 g/mol. The number of rotatable bonds is 3. The Bertz CT molecular complexity index is 597. The molecule has 1 unspecified atom stereocenters. The van der Waals surface area contributed by atoms with Gasteiger partial charge in [-0.3, -0.25) is 4.79 Å². The molecule has 1 N–H and O–H groups in total. The molecule has 0 spiro atoms. The number of hydrogen-bond acceptors (Lipinski definition) is 3. The van der Waals surface area contributed by atoms with Crippen LogP contribution in [0.15, 0.2) is 28.7 Å². The van der Waals surface area contributed by atoms with E-state index in [2.05, 4.69) is 15.9 Å². The van der Waals surface area contributed by atoms with Gasteiger partial charge in [-0.1, -0.05) is 28.1 Å². The number of halogens is 1. The molecule has 1 aromatic rings. The van der Waals surface area contributed by atoms with Gasteiger partial charge in [0.1, 0.15) is 0 Å². The minimum Gasteiger partial charge on any atom is -0.479 e. The van der Waals surface area contributed by atoms with Crippen molar-refractivity contribution in [3.63, 3.8) is 0 Å². The summed E-state index contributed by atoms with van der Waals surface area (Å²) in [5.74, 6) is -0.992. The smallest absolute Gasteiger partial charge is 0.334 e. The second kappa shape index (κ2) is 5.66. The Kier molecular flexibility index (Phi) is 3.99. The van der Waals surface area contributed by atoms with Crippen LogP contribution in [0.4, 0.5) is 0 Å². The Morgan fingerprint density at radius 1 is 1.27 bits per heavy atom. The fraction of sp³-hybridized carbons (Fsp3) is 0.500. The minimum absolute atomic E-state index is 0.0243. The molecule has 3 rings (SSSR count). The van der Waals surface area contributed by atoms with Gasteiger partial charge in [-0.2, -0.15) is 0 Å². The van der Waals surface area contributed by atoms with Crippen LogP contribution in [0.25, 0.3) is 0 Å². The zero-order chi connectivity index (χ0) is 15.9. The maximum Gasteiger partial charge on any atom is 0.334 e. The van der Waals surface area contributed by atoms with E-state index in [0.717, 1.165) is 22.9 Å². The van der Waals surface area contributed by atoms with Crippen molar-refractivity contribution in [3.05, 3.63) is 34.3 Å². The van der Waals surface area contributed by atoms with Gasteiger partial charge in [-0.05, 0) is 37.5 Å². The monoisotopic (exact) mass is 367 g/mol. The van der Waals surface area contributed by atoms with E-state index >= 15 is 0 Å². The summed E-state index contributed by atoms with van der Waals surface area (Å²) >= 11 is 3.40. The van der Waals surface area contributed by atoms with E-state index < -0.39 is 17.5 Å². The Hall–Kier alpha value is -1.40. The summed E-state index contributed by atoms with van der Waals surface area (Å²) in [5, 5.41) is 9.15. The standard InChI is InChI=1S/C16H18BrNO4/c1-10-8-18(9-13(22-10)14(19)20)15(21)16(6-7-16)11-2-4-12(17)5-3-11/h2-5,10,13H,6-9H2,1H3,(H,19,20)/t10-,13?/m1/s1. The number of carboxylic acid groups (broad SMARTS) is 1. The zero-order valence-corrected chi connectivity index (χ0v) is 13.9. The number of carbonyl (C=O) groups excluding carboxylic acids is 1. The van der Waals surface area contributed by atoms with Gasteiger partial charge in [0, 0.05) is 11.0 Å². The predicted octanol–water partition coefficient (Wildman–Crippen LogP) is 2.18. The normalized spacial score (nSPS) is 26.5. The quantitative estimate of drug-likeness (QED) is 0.888. The molecule has 0 radical (unpaired) electrons. The summed E-state index contributed by atoms with van der Waals surface area (Å²) in [6, 6.07) is 7.80. The van der Waals surface area contributed by atoms with Crippen molar-refractivity contribution in [2.45, 2.75) is 37.4 Å². The summed E-state index contributed by atoms with van der Waals surface area (Å²) in [4.78, 5) is 25.8. The highest BCUT2D eigenvalue weighted by Crippen LogP contribution is 2.50. The van der Waals surface area contributed by atoms with Crippen molar-refractivity contribution in [2.75, 3.05) is 13.1 Å². The van der Waals surface area contributed by atoms with Gasteiger partial charge in [0.2, 0.25) is 5.91 Å². The van der Waals surface area contributed by atoms with Crippen molar-refractivity contribution in [2.24, 2.45) is 0 Å². The Morgan fingerprint density at radius 3 is 2.45 bits per heavy atom. The SMILES string of the molecule is C[C@@H]1CN(C(=O)C2(c3ccc(Br)cc3)CC2)CC(C(=O)O)O1. The first-order valence-electron chi connectivity index (χ1n) is 7.36. The molecule has 0 aromatic heterocycles. The summed E-state index contributed by atoms with van der Waals surface area (Å²) in [5.41, 5.74) is 0.535. The van der Waals surface area contributed by atoms with Crippen molar-refractivity contribution < 1.29 is 19.4 Å². The van der Waals surface area contributed by atoms with E-state index in [0.29, 0.717) is 6.54 Å². The minimum atomic E-state index is -1.02. The molecule has 2 aliphatic rings. The maximum atomic E-state index is 12.9. The summed E-state index contributed by atoms with van der Waals surface area (Å²) in [7, 11) is 0. The number of ether oxygens (including phenoxy) is 1. The number of morpholine rings is 1. The molecule has 5 nitrogen and oxygen atoms in total. The first kappa shape index (κ1) is 15.5. The largest absolute Gasteiger partial charge is 0.479 e. The van der Waals surface area contributed by atoms with E-state index in [4.69, 9.17) is 9.84 Å². The highest BCUT2D eigenvalue weighted by Gasteiger charge is 2.54. The highest BCUT2D eigenvalue weighted by atomic mass is 79.9. The number of carbonyl (C=O) groups is 2. The Balaban J connectivity index is 1.81. The van der Waals surface area contributed by atoms with Crippen LogP contribution in [0.5, 0.6) is 0 Å². The van der Waals surface area contributed by atoms with Gasteiger partial charge in [-0.15, -0.1) is 0 Å². The number of carboxylic acids is 1. The number of hydrogen-bond donors (Lipinski definition) is 1. The van der Waals surface area contributed by atoms with Crippen LogP contribution in [0, 0.1) is 0 Å². The van der Waals surface area contributed by atoms with Crippen molar-refractivity contribution in [3.8, 4) is 0 Å². The van der Waals surface area contributed by atoms with E-state index in [1.807, 2.05) is 24.3 Å². The topological polar surface area (TPSA) is 66.8 Å². The third-order valence-electron chi connectivity index (χ3n) is 4.38. The third-order valence-corrected chi connectivity index (χ3v) is 4.91. The van der Waals surface area contributed by atoms with Gasteiger partial charge < -0.3 is 14.7 Å². The molecule has 1 heterocycles. The fourth-order valence-electron chi connectivity index (χ4n) is 3.08. The fourth-order valence-corrected chi connectivity index (χ4v) is 3.34. The van der Waals surface area contributed by atoms with Crippen LogP contribution in [-0.4, -0.2) is 47.2 Å². The molecule has 2 fully saturated rings. The van der Waals surface area contributed by atoms with Crippen LogP contribution in [0.2, 0.25) is 0 Å². The lowest BCUT2D eigenvalue weighted by atomic mass is 9.93. The number of amides is 1. The molecule has 1 aromatic carbocycles. The van der Waals surface area contributed by atoms with Gasteiger partial charge in [-0.25, -0.2) is 4.79 Å². The van der Waals surface area contributed by atoms with Crippen LogP contribution < -0.4 is 0 Å². The molecule has 0 bridgehead atoms. The van der Waals surface area contributed by atoms with E-state index in [1.54, 1.807) is 11.8 Å². The second-order valence-electron chi connectivity index (χ2n) is 6.07. The molecule has 1 amide bonds. The third kappa shape index (κ3) is 2.77. The molecule has 1 saturated carbocycles. The van der Waals surface area contributed by atoms with Gasteiger partial charge in [0.15, 0.2) is 6.10 Å². The van der Waals surface area contributed by atoms with Gasteiger partial charge >= 0.3 is 5.97 Å². The van der Waals surface area contributed by atoms with Gasteiger partial charge in [0.05, 0.1) is 18.1 Å². The molecule has 22 heavy (non-hydrogen) atoms. The summed E-state index contributed by atoms with van der Waals surface area (Å²) in [6.45, 7) is 2.37. The molecule has 2 atom stereocenters. The van der Waals surface area contributed by atoms with Gasteiger partial charge in [0.25, 0.3) is 0 Å². The van der Waals surface area contributed by atoms with Crippen molar-refractivity contribution in [1.82, 2.24) is 4.90 Å². The average Bonchev–Trinajstić information content (AvgIpc) is 3.28. The lowest BCUT2D eigenvalue weighted by molar-refractivity contribution is -0.167. The maximum absolute atomic E-state index is 12.9. The lowest BCUT2D eigenvalue weighted by Crippen LogP contribution is -2.54. The molecule has 1 saturated heterocycles. The molecule has 1 aliphatic carbocycles. The Labute approximate surface area is 137 Å². The molecular weight excluding hydrogens is 350 g/mol. The molecule has 6 heteroatoms. The van der Waals surface area contributed by atoms with Crippen molar-refractivity contribution in [1.29, 1.82) is 0 Å². The van der Waals surface area contributed by atoms with Crippen LogP contribution in [0.3, 0.4) is 0 Å². The molecular formula is C16H18BrNO4. The predicted molar refractivity (Wildman–Crippen MR) is 83.6 cm³/mol. The van der Waals surface area contributed by atoms with E-state index in [9.17, 15) is 9.59 Å². The van der Waals surface area contributed by atoms with E-state index in [-0.39, 0.29) is 18.6 Å².